The van der Waals surface area contributed by atoms with Gasteiger partial charge in [-0.3, -0.25) is 0 Å². The summed E-state index contributed by atoms with van der Waals surface area (Å²) in [6, 6.07) is 0. The summed E-state index contributed by atoms with van der Waals surface area (Å²) in [6.45, 7) is 8.70. The molecule has 0 aliphatic carbocycles. The summed E-state index contributed by atoms with van der Waals surface area (Å²) in [5.74, 6) is 0.972. The van der Waals surface area contributed by atoms with E-state index in [0.717, 1.165) is 5.57 Å². The van der Waals surface area contributed by atoms with Gasteiger partial charge in [-0.1, -0.05) is 39.3 Å². The number of halogens is 2. The molecule has 0 bridgehead atoms. The van der Waals surface area contributed by atoms with Gasteiger partial charge in [0.15, 0.2) is 0 Å². The van der Waals surface area contributed by atoms with Gasteiger partial charge in [0, 0.05) is 11.4 Å². The third-order valence-electron chi connectivity index (χ3n) is 2.15. The van der Waals surface area contributed by atoms with Gasteiger partial charge in [-0.25, -0.2) is 0 Å². The highest BCUT2D eigenvalue weighted by atomic mass is 35.5. The monoisotopic (exact) mass is 194 g/mol. The smallest absolute Gasteiger partial charge is 0.0447 e. The highest BCUT2D eigenvalue weighted by molar-refractivity contribution is 6.27. The summed E-state index contributed by atoms with van der Waals surface area (Å²) in [6.07, 6.45) is 0. The van der Waals surface area contributed by atoms with E-state index < -0.39 is 0 Å². The Bertz CT molecular complexity index is 142. The first-order valence-electron chi connectivity index (χ1n) is 3.78. The molecule has 11 heavy (non-hydrogen) atoms. The minimum absolute atomic E-state index is 0.246. The molecule has 0 heterocycles. The molecule has 0 spiro atoms. The van der Waals surface area contributed by atoms with E-state index in [9.17, 15) is 0 Å². The quantitative estimate of drug-likeness (QED) is 0.583. The van der Waals surface area contributed by atoms with Crippen LogP contribution < -0.4 is 0 Å². The lowest BCUT2D eigenvalue weighted by Crippen LogP contribution is -2.19. The maximum atomic E-state index is 5.72. The van der Waals surface area contributed by atoms with Gasteiger partial charge in [-0.15, -0.1) is 11.6 Å². The average molecular weight is 195 g/mol. The van der Waals surface area contributed by atoms with Crippen LogP contribution in [0.15, 0.2) is 11.1 Å². The lowest BCUT2D eigenvalue weighted by molar-refractivity contribution is 0.301. The zero-order valence-corrected chi connectivity index (χ0v) is 9.13. The Kier molecular flexibility index (Phi) is 4.50. The molecule has 2 heteroatoms. The van der Waals surface area contributed by atoms with Crippen LogP contribution in [0.5, 0.6) is 0 Å². The van der Waals surface area contributed by atoms with E-state index in [4.69, 9.17) is 23.2 Å². The van der Waals surface area contributed by atoms with Crippen LogP contribution in [0.2, 0.25) is 0 Å². The van der Waals surface area contributed by atoms with Crippen molar-refractivity contribution in [3.05, 3.63) is 11.1 Å². The molecule has 0 saturated carbocycles. The number of alkyl halides is 1. The van der Waals surface area contributed by atoms with E-state index >= 15 is 0 Å². The second-order valence-corrected chi connectivity index (χ2v) is 4.39. The van der Waals surface area contributed by atoms with Gasteiger partial charge in [0.25, 0.3) is 0 Å². The third kappa shape index (κ3) is 3.48. The standard InChI is InChI=1S/C9H16Cl2/c1-7(9(2,3)4)8(5-10)6-11/h5,7H,6H2,1-4H3/b8-5-. The maximum Gasteiger partial charge on any atom is 0.0447 e. The first-order valence-corrected chi connectivity index (χ1v) is 4.75. The molecule has 1 unspecified atom stereocenters. The molecule has 66 valence electrons. The largest absolute Gasteiger partial charge is 0.122 e. The Morgan fingerprint density at radius 2 is 1.91 bits per heavy atom. The van der Waals surface area contributed by atoms with Gasteiger partial charge in [-0.2, -0.15) is 0 Å². The normalized spacial score (nSPS) is 16.7. The molecule has 0 aromatic heterocycles. The van der Waals surface area contributed by atoms with Crippen molar-refractivity contribution < 1.29 is 0 Å². The van der Waals surface area contributed by atoms with Crippen molar-refractivity contribution in [2.75, 3.05) is 5.88 Å². The lowest BCUT2D eigenvalue weighted by atomic mass is 9.78. The number of hydrogen-bond acceptors (Lipinski definition) is 0. The molecule has 1 atom stereocenters. The molecule has 0 aromatic carbocycles. The Morgan fingerprint density at radius 3 is 2.00 bits per heavy atom. The minimum Gasteiger partial charge on any atom is -0.122 e. The van der Waals surface area contributed by atoms with Gasteiger partial charge in [-0.05, 0) is 16.9 Å². The van der Waals surface area contributed by atoms with Crippen molar-refractivity contribution in [1.29, 1.82) is 0 Å². The first kappa shape index (κ1) is 11.3. The Balaban J connectivity index is 4.34. The van der Waals surface area contributed by atoms with Crippen LogP contribution in [-0.4, -0.2) is 5.88 Å². The van der Waals surface area contributed by atoms with E-state index in [1.807, 2.05) is 0 Å². The second-order valence-electron chi connectivity index (χ2n) is 3.91. The van der Waals surface area contributed by atoms with Crippen molar-refractivity contribution in [2.24, 2.45) is 11.3 Å². The van der Waals surface area contributed by atoms with Crippen molar-refractivity contribution in [1.82, 2.24) is 0 Å². The van der Waals surface area contributed by atoms with Gasteiger partial charge < -0.3 is 0 Å². The SMILES string of the molecule is CC(/C(=C\Cl)CCl)C(C)(C)C. The van der Waals surface area contributed by atoms with Gasteiger partial charge >= 0.3 is 0 Å². The Morgan fingerprint density at radius 1 is 1.45 bits per heavy atom. The van der Waals surface area contributed by atoms with Crippen LogP contribution in [0.3, 0.4) is 0 Å². The average Bonchev–Trinajstić information content (AvgIpc) is 1.88. The molecule has 0 N–H and O–H groups in total. The summed E-state index contributed by atoms with van der Waals surface area (Å²) < 4.78 is 0. The zero-order valence-electron chi connectivity index (χ0n) is 7.62. The molecule has 0 aliphatic rings. The van der Waals surface area contributed by atoms with E-state index in [1.54, 1.807) is 5.54 Å². The molecular weight excluding hydrogens is 179 g/mol. The predicted molar refractivity (Wildman–Crippen MR) is 53.3 cm³/mol. The predicted octanol–water partition coefficient (Wildman–Crippen LogP) is 4.03. The van der Waals surface area contributed by atoms with E-state index in [-0.39, 0.29) is 5.41 Å². The molecule has 0 radical (unpaired) electrons. The van der Waals surface area contributed by atoms with Crippen LogP contribution >= 0.6 is 23.2 Å². The molecule has 0 rings (SSSR count). The molecular formula is C9H16Cl2. The molecule has 0 aromatic rings. The van der Waals surface area contributed by atoms with Crippen LogP contribution in [0, 0.1) is 11.3 Å². The van der Waals surface area contributed by atoms with Gasteiger partial charge in [0.1, 0.15) is 0 Å². The molecule has 0 amide bonds. The van der Waals surface area contributed by atoms with Crippen molar-refractivity contribution >= 4 is 23.2 Å². The van der Waals surface area contributed by atoms with Crippen molar-refractivity contribution in [2.45, 2.75) is 27.7 Å². The molecule has 0 aliphatic heterocycles. The number of allylic oxidation sites excluding steroid dienone is 1. The van der Waals surface area contributed by atoms with Crippen LogP contribution in [-0.2, 0) is 0 Å². The summed E-state index contributed by atoms with van der Waals surface area (Å²) in [4.78, 5) is 0. The Hall–Kier alpha value is 0.320. The van der Waals surface area contributed by atoms with E-state index in [2.05, 4.69) is 27.7 Å². The summed E-state index contributed by atoms with van der Waals surface area (Å²) in [5, 5.41) is 0. The van der Waals surface area contributed by atoms with Crippen LogP contribution in [0.1, 0.15) is 27.7 Å². The van der Waals surface area contributed by atoms with Crippen molar-refractivity contribution in [3.8, 4) is 0 Å². The molecule has 0 saturated heterocycles. The fraction of sp³-hybridized carbons (Fsp3) is 0.778. The third-order valence-corrected chi connectivity index (χ3v) is 2.74. The van der Waals surface area contributed by atoms with Gasteiger partial charge in [0.05, 0.1) is 0 Å². The lowest BCUT2D eigenvalue weighted by Gasteiger charge is -2.28. The molecule has 0 nitrogen and oxygen atoms in total. The number of hydrogen-bond donors (Lipinski definition) is 0. The van der Waals surface area contributed by atoms with E-state index in [0.29, 0.717) is 11.8 Å². The van der Waals surface area contributed by atoms with Crippen LogP contribution in [0.25, 0.3) is 0 Å². The first-order chi connectivity index (χ1) is 4.93. The highest BCUT2D eigenvalue weighted by Gasteiger charge is 2.22. The summed E-state index contributed by atoms with van der Waals surface area (Å²) >= 11 is 11.3. The minimum atomic E-state index is 0.246. The summed E-state index contributed by atoms with van der Waals surface area (Å²) in [7, 11) is 0. The highest BCUT2D eigenvalue weighted by Crippen LogP contribution is 2.32. The fourth-order valence-corrected chi connectivity index (χ4v) is 1.45. The second kappa shape index (κ2) is 4.37. The van der Waals surface area contributed by atoms with Crippen molar-refractivity contribution in [3.63, 3.8) is 0 Å². The zero-order chi connectivity index (χ0) is 9.07. The maximum absolute atomic E-state index is 5.72. The van der Waals surface area contributed by atoms with E-state index in [1.165, 1.54) is 0 Å². The fourth-order valence-electron chi connectivity index (χ4n) is 0.796. The van der Waals surface area contributed by atoms with Gasteiger partial charge in [0.2, 0.25) is 0 Å². The summed E-state index contributed by atoms with van der Waals surface area (Å²) in [5.41, 5.74) is 2.96. The topological polar surface area (TPSA) is 0 Å². The number of rotatable bonds is 2. The molecule has 0 fully saturated rings. The van der Waals surface area contributed by atoms with Crippen LogP contribution in [0.4, 0.5) is 0 Å². The Labute approximate surface area is 79.6 Å².